The molecule has 3 amide bonds. The van der Waals surface area contributed by atoms with Gasteiger partial charge in [0, 0.05) is 39.1 Å². The van der Waals surface area contributed by atoms with E-state index < -0.39 is 0 Å². The van der Waals surface area contributed by atoms with Gasteiger partial charge >= 0.3 is 6.03 Å². The molecule has 2 bridgehead atoms. The van der Waals surface area contributed by atoms with Gasteiger partial charge in [-0.25, -0.2) is 4.79 Å². The van der Waals surface area contributed by atoms with Gasteiger partial charge in [0.2, 0.25) is 5.91 Å². The van der Waals surface area contributed by atoms with Crippen molar-refractivity contribution in [3.63, 3.8) is 0 Å². The predicted molar refractivity (Wildman–Crippen MR) is 141 cm³/mol. The van der Waals surface area contributed by atoms with E-state index in [1.165, 1.54) is 36.8 Å². The zero-order valence-corrected chi connectivity index (χ0v) is 22.3. The lowest BCUT2D eigenvalue weighted by Crippen LogP contribution is -2.57. The van der Waals surface area contributed by atoms with Crippen molar-refractivity contribution >= 4 is 11.9 Å². The van der Waals surface area contributed by atoms with Gasteiger partial charge < -0.3 is 20.0 Å². The van der Waals surface area contributed by atoms with Crippen LogP contribution in [0.25, 0.3) is 0 Å². The summed E-state index contributed by atoms with van der Waals surface area (Å²) in [4.78, 5) is 32.1. The number of rotatable bonds is 2. The summed E-state index contributed by atoms with van der Waals surface area (Å²) in [5.41, 5.74) is 2.72. The fraction of sp³-hybridized carbons (Fsp3) is 0.724. The highest BCUT2D eigenvalue weighted by atomic mass is 16.2. The van der Waals surface area contributed by atoms with Gasteiger partial charge in [-0.1, -0.05) is 45.0 Å². The van der Waals surface area contributed by atoms with E-state index >= 15 is 0 Å². The van der Waals surface area contributed by atoms with Crippen molar-refractivity contribution in [1.82, 2.24) is 20.0 Å². The molecule has 1 aromatic carbocycles. The summed E-state index contributed by atoms with van der Waals surface area (Å²) in [7, 11) is 3.61. The Morgan fingerprint density at radius 1 is 0.971 bits per heavy atom. The minimum Gasteiger partial charge on any atom is -0.336 e. The number of hydrogen-bond acceptors (Lipinski definition) is 3. The first kappa shape index (κ1) is 24.6. The molecule has 0 radical (unpaired) electrons. The number of amides is 3. The molecule has 194 valence electrons. The van der Waals surface area contributed by atoms with Gasteiger partial charge in [-0.05, 0) is 81.0 Å². The Labute approximate surface area is 212 Å². The number of fused-ring (bicyclic) bond motifs is 4. The quantitative estimate of drug-likeness (QED) is 0.650. The first-order chi connectivity index (χ1) is 16.6. The monoisotopic (exact) mass is 482 g/mol. The third-order valence-electron chi connectivity index (χ3n) is 9.38. The second-order valence-electron chi connectivity index (χ2n) is 12.8. The number of hydrogen-bond donors (Lipinski definition) is 1. The third-order valence-corrected chi connectivity index (χ3v) is 9.38. The highest BCUT2D eigenvalue weighted by Gasteiger charge is 2.49. The van der Waals surface area contributed by atoms with E-state index in [-0.39, 0.29) is 24.3 Å². The fourth-order valence-electron chi connectivity index (χ4n) is 7.42. The average molecular weight is 483 g/mol. The Hall–Kier alpha value is -2.08. The molecule has 1 spiro atoms. The van der Waals surface area contributed by atoms with Crippen LogP contribution in [-0.4, -0.2) is 71.9 Å². The Balaban J connectivity index is 0.00000304. The number of nitrogens with zero attached hydrogens (tertiary/aromatic N) is 3. The van der Waals surface area contributed by atoms with Gasteiger partial charge in [-0.2, -0.15) is 0 Å². The molecule has 0 saturated carbocycles. The molecule has 3 fully saturated rings. The maximum absolute atomic E-state index is 13.1. The van der Waals surface area contributed by atoms with E-state index in [9.17, 15) is 9.59 Å². The second-order valence-corrected chi connectivity index (χ2v) is 12.8. The van der Waals surface area contributed by atoms with Gasteiger partial charge in [0.25, 0.3) is 0 Å². The topological polar surface area (TPSA) is 55.9 Å². The molecule has 3 heterocycles. The summed E-state index contributed by atoms with van der Waals surface area (Å²) in [6.45, 7) is 8.46. The van der Waals surface area contributed by atoms with Crippen LogP contribution < -0.4 is 5.32 Å². The lowest BCUT2D eigenvalue weighted by atomic mass is 9.63. The van der Waals surface area contributed by atoms with Gasteiger partial charge in [0.05, 0.1) is 6.04 Å². The molecule has 0 aromatic heterocycles. The number of piperidine rings is 2. The molecular weight excluding hydrogens is 436 g/mol. The molecule has 6 heteroatoms. The Kier molecular flexibility index (Phi) is 6.40. The van der Waals surface area contributed by atoms with Crippen molar-refractivity contribution in [2.75, 3.05) is 27.2 Å². The van der Waals surface area contributed by atoms with Crippen molar-refractivity contribution in [3.8, 4) is 0 Å². The normalized spacial score (nSPS) is 30.1. The largest absolute Gasteiger partial charge is 0.336 e. The molecule has 2 unspecified atom stereocenters. The fourth-order valence-corrected chi connectivity index (χ4v) is 7.42. The number of carbonyl (C=O) groups excluding carboxylic acids is 2. The van der Waals surface area contributed by atoms with Gasteiger partial charge in [0.1, 0.15) is 0 Å². The van der Waals surface area contributed by atoms with Crippen molar-refractivity contribution in [3.05, 3.63) is 35.4 Å². The van der Waals surface area contributed by atoms with Gasteiger partial charge in [-0.3, -0.25) is 4.79 Å². The van der Waals surface area contributed by atoms with Crippen LogP contribution in [0.4, 0.5) is 4.79 Å². The first-order valence-corrected chi connectivity index (χ1v) is 13.7. The lowest BCUT2D eigenvalue weighted by Gasteiger charge is -2.51. The van der Waals surface area contributed by atoms with E-state index in [2.05, 4.69) is 60.2 Å². The Morgan fingerprint density at radius 3 is 2.20 bits per heavy atom. The highest BCUT2D eigenvalue weighted by molar-refractivity contribution is 5.82. The molecule has 5 rings (SSSR count). The van der Waals surface area contributed by atoms with Crippen LogP contribution in [0.1, 0.15) is 90.7 Å². The number of carbonyl (C=O) groups is 2. The van der Waals surface area contributed by atoms with E-state index in [0.717, 1.165) is 38.8 Å². The summed E-state index contributed by atoms with van der Waals surface area (Å²) >= 11 is 0. The number of benzene rings is 1. The van der Waals surface area contributed by atoms with Crippen molar-refractivity contribution in [1.29, 1.82) is 0 Å². The predicted octanol–water partition coefficient (Wildman–Crippen LogP) is 4.94. The maximum Gasteiger partial charge on any atom is 0.317 e. The third kappa shape index (κ3) is 4.47. The molecule has 1 aliphatic carbocycles. The average Bonchev–Trinajstić information content (AvgIpc) is 3.09. The van der Waals surface area contributed by atoms with Gasteiger partial charge in [0.15, 0.2) is 0 Å². The van der Waals surface area contributed by atoms with E-state index in [4.69, 9.17) is 0 Å². The molecule has 3 aliphatic heterocycles. The van der Waals surface area contributed by atoms with Crippen LogP contribution in [0, 0.1) is 5.41 Å². The SMILES string of the molecule is CN(C)C(=O)N[C@@H]1CCC2(CCN(C3CC4CCC(C3)N4C(=O)C(C)(C)C)CC2)c2ccccc21.[HH]. The standard InChI is InChI=1S/C29H44N4O2.H2/c1-28(2,3)26(34)33-20-10-11-21(33)19-22(18-20)32-16-14-29(15-17-32)13-12-25(30-27(35)31(4)5)23-8-6-7-9-24(23)29;/h6-9,20-22,25H,10-19H2,1-5H3,(H,30,35);1H/t20?,21?,22?,25-;/m1./s1. The van der Waals surface area contributed by atoms with Crippen LogP contribution in [0.5, 0.6) is 0 Å². The van der Waals surface area contributed by atoms with Crippen LogP contribution in [-0.2, 0) is 10.2 Å². The molecule has 6 nitrogen and oxygen atoms in total. The van der Waals surface area contributed by atoms with E-state index in [0.29, 0.717) is 24.0 Å². The summed E-state index contributed by atoms with van der Waals surface area (Å²) in [6, 6.07) is 10.4. The minimum atomic E-state index is -0.288. The molecular formula is C29H46N4O2. The number of nitrogens with one attached hydrogen (secondary N) is 1. The minimum absolute atomic E-state index is 0. The lowest BCUT2D eigenvalue weighted by molar-refractivity contribution is -0.145. The summed E-state index contributed by atoms with van der Waals surface area (Å²) in [5.74, 6) is 0.343. The zero-order valence-electron chi connectivity index (χ0n) is 22.3. The summed E-state index contributed by atoms with van der Waals surface area (Å²) in [5, 5.41) is 3.24. The van der Waals surface area contributed by atoms with Crippen molar-refractivity contribution in [2.45, 2.75) is 102 Å². The highest BCUT2D eigenvalue weighted by Crippen LogP contribution is 2.49. The second kappa shape index (κ2) is 9.10. The van der Waals surface area contributed by atoms with Crippen LogP contribution in [0.2, 0.25) is 0 Å². The van der Waals surface area contributed by atoms with E-state index in [1.54, 1.807) is 19.0 Å². The molecule has 3 atom stereocenters. The smallest absolute Gasteiger partial charge is 0.317 e. The Bertz CT molecular complexity index is 952. The maximum atomic E-state index is 13.1. The first-order valence-electron chi connectivity index (χ1n) is 13.7. The van der Waals surface area contributed by atoms with Crippen molar-refractivity contribution in [2.24, 2.45) is 5.41 Å². The van der Waals surface area contributed by atoms with Crippen LogP contribution in [0.3, 0.4) is 0 Å². The van der Waals surface area contributed by atoms with Gasteiger partial charge in [-0.15, -0.1) is 0 Å². The van der Waals surface area contributed by atoms with E-state index in [1.807, 2.05) is 0 Å². The molecule has 3 saturated heterocycles. The Morgan fingerprint density at radius 2 is 1.60 bits per heavy atom. The molecule has 1 aromatic rings. The molecule has 1 N–H and O–H groups in total. The number of urea groups is 1. The van der Waals surface area contributed by atoms with Crippen molar-refractivity contribution < 1.29 is 11.0 Å². The summed E-state index contributed by atoms with van der Waals surface area (Å²) < 4.78 is 0. The number of likely N-dealkylation sites (tertiary alicyclic amines) is 1. The summed E-state index contributed by atoms with van der Waals surface area (Å²) in [6.07, 6.45) is 9.15. The zero-order chi connectivity index (χ0) is 25.0. The van der Waals surface area contributed by atoms with Crippen LogP contribution in [0.15, 0.2) is 24.3 Å². The van der Waals surface area contributed by atoms with Crippen LogP contribution >= 0.6 is 0 Å². The molecule has 4 aliphatic rings. The molecule has 35 heavy (non-hydrogen) atoms.